The second kappa shape index (κ2) is 17.1. The number of hydrogen-bond acceptors (Lipinski definition) is 6. The van der Waals surface area contributed by atoms with Crippen molar-refractivity contribution in [3.63, 3.8) is 0 Å². The normalized spacial score (nSPS) is 16.3. The number of nitrogens with one attached hydrogen (secondary N) is 2. The number of likely N-dealkylation sites (N-methyl/N-ethyl adjacent to an activating group) is 2. The summed E-state index contributed by atoms with van der Waals surface area (Å²) in [6, 6.07) is 18.9. The molecule has 47 heavy (non-hydrogen) atoms. The summed E-state index contributed by atoms with van der Waals surface area (Å²) in [5.74, 6) is -3.61. The molecule has 252 valence electrons. The zero-order valence-corrected chi connectivity index (χ0v) is 27.1. The van der Waals surface area contributed by atoms with Crippen molar-refractivity contribution in [2.45, 2.75) is 56.8 Å². The number of carbonyl (C=O) groups excluding carboxylic acids is 3. The Hall–Kier alpha value is -4.19. The average molecular weight is 651 g/mol. The minimum absolute atomic E-state index is 0.0715. The Morgan fingerprint density at radius 1 is 0.915 bits per heavy atom. The van der Waals surface area contributed by atoms with Crippen LogP contribution in [-0.4, -0.2) is 97.3 Å². The van der Waals surface area contributed by atoms with Crippen molar-refractivity contribution in [1.29, 1.82) is 0 Å². The number of benzene rings is 3. The SMILES string of the molecule is C[C@@H](O)CNC(=O)[C@@H](Cc1ccc(F)c(F)c1)N(C)C(=O)[C@@H](Cc1ccc(-c2ccccc2)cc1)N(C)C(=O)COC[C@H]1CCCN1. The van der Waals surface area contributed by atoms with Crippen LogP contribution in [-0.2, 0) is 32.0 Å². The molecule has 0 radical (unpaired) electrons. The Labute approximate surface area is 274 Å². The van der Waals surface area contributed by atoms with Crippen LogP contribution in [0.1, 0.15) is 30.9 Å². The predicted octanol–water partition coefficient (Wildman–Crippen LogP) is 3.34. The lowest BCUT2D eigenvalue weighted by atomic mass is 9.98. The second-order valence-electron chi connectivity index (χ2n) is 12.1. The van der Waals surface area contributed by atoms with Crippen LogP contribution in [0.5, 0.6) is 0 Å². The molecule has 0 aliphatic carbocycles. The van der Waals surface area contributed by atoms with E-state index in [0.29, 0.717) is 12.2 Å². The number of halogens is 2. The summed E-state index contributed by atoms with van der Waals surface area (Å²) in [7, 11) is 2.98. The average Bonchev–Trinajstić information content (AvgIpc) is 3.60. The van der Waals surface area contributed by atoms with E-state index in [1.54, 1.807) is 0 Å². The fourth-order valence-corrected chi connectivity index (χ4v) is 5.59. The first-order valence-corrected chi connectivity index (χ1v) is 15.9. The Morgan fingerprint density at radius 2 is 1.57 bits per heavy atom. The number of aliphatic hydroxyl groups is 1. The predicted molar refractivity (Wildman–Crippen MR) is 175 cm³/mol. The topological polar surface area (TPSA) is 111 Å². The van der Waals surface area contributed by atoms with Gasteiger partial charge >= 0.3 is 0 Å². The van der Waals surface area contributed by atoms with Crippen molar-refractivity contribution in [2.24, 2.45) is 0 Å². The molecule has 0 saturated carbocycles. The van der Waals surface area contributed by atoms with Gasteiger partial charge in [0.25, 0.3) is 0 Å². The first-order chi connectivity index (χ1) is 22.5. The minimum Gasteiger partial charge on any atom is -0.392 e. The maximum Gasteiger partial charge on any atom is 0.249 e. The number of amides is 3. The quantitative estimate of drug-likeness (QED) is 0.233. The Balaban J connectivity index is 1.58. The van der Waals surface area contributed by atoms with Gasteiger partial charge in [0.2, 0.25) is 17.7 Å². The Bertz CT molecular complexity index is 1480. The molecule has 1 aliphatic rings. The van der Waals surface area contributed by atoms with Gasteiger partial charge in [0.15, 0.2) is 11.6 Å². The van der Waals surface area contributed by atoms with Crippen molar-refractivity contribution >= 4 is 17.7 Å². The van der Waals surface area contributed by atoms with Gasteiger partial charge in [0.05, 0.1) is 12.7 Å². The molecular formula is C36H44F2N4O5. The molecular weight excluding hydrogens is 606 g/mol. The van der Waals surface area contributed by atoms with Crippen molar-refractivity contribution in [3.8, 4) is 11.1 Å². The van der Waals surface area contributed by atoms with Crippen LogP contribution >= 0.6 is 0 Å². The van der Waals surface area contributed by atoms with Crippen LogP contribution in [0, 0.1) is 11.6 Å². The van der Waals surface area contributed by atoms with Crippen molar-refractivity contribution in [1.82, 2.24) is 20.4 Å². The van der Waals surface area contributed by atoms with E-state index in [4.69, 9.17) is 4.74 Å². The summed E-state index contributed by atoms with van der Waals surface area (Å²) in [6.07, 6.45) is 1.19. The van der Waals surface area contributed by atoms with Crippen molar-refractivity contribution in [2.75, 3.05) is 40.4 Å². The number of hydrogen-bond donors (Lipinski definition) is 3. The first kappa shape index (κ1) is 35.7. The fourth-order valence-electron chi connectivity index (χ4n) is 5.59. The van der Waals surface area contributed by atoms with E-state index in [0.717, 1.165) is 48.2 Å². The van der Waals surface area contributed by atoms with Gasteiger partial charge in [-0.25, -0.2) is 8.78 Å². The van der Waals surface area contributed by atoms with Gasteiger partial charge in [-0.05, 0) is 60.7 Å². The van der Waals surface area contributed by atoms with Crippen LogP contribution in [0.25, 0.3) is 11.1 Å². The standard InChI is InChI=1S/C36H44F2N4O5/c1-24(43)21-40-35(45)32(20-26-13-16-30(37)31(38)18-26)42(3)36(46)33(41(2)34(44)23-47-22-29-10-7-17-39-29)19-25-11-14-28(15-12-25)27-8-5-4-6-9-27/h4-6,8-9,11-16,18,24,29,32-33,39,43H,7,10,17,19-23H2,1-3H3,(H,40,45)/t24-,29-,32-,33-/m1/s1. The van der Waals surface area contributed by atoms with Gasteiger partial charge in [-0.15, -0.1) is 0 Å². The summed E-state index contributed by atoms with van der Waals surface area (Å²) in [6.45, 7) is 2.49. The summed E-state index contributed by atoms with van der Waals surface area (Å²) >= 11 is 0. The Kier molecular flexibility index (Phi) is 13.0. The van der Waals surface area contributed by atoms with Crippen LogP contribution < -0.4 is 10.6 Å². The molecule has 4 rings (SSSR count). The van der Waals surface area contributed by atoms with Crippen LogP contribution in [0.2, 0.25) is 0 Å². The van der Waals surface area contributed by atoms with E-state index < -0.39 is 47.5 Å². The summed E-state index contributed by atoms with van der Waals surface area (Å²) in [5, 5.41) is 15.7. The fraction of sp³-hybridized carbons (Fsp3) is 0.417. The summed E-state index contributed by atoms with van der Waals surface area (Å²) in [5.41, 5.74) is 3.12. The van der Waals surface area contributed by atoms with Gasteiger partial charge < -0.3 is 30.3 Å². The molecule has 3 aromatic rings. The van der Waals surface area contributed by atoms with E-state index >= 15 is 0 Å². The molecule has 1 aliphatic heterocycles. The van der Waals surface area contributed by atoms with Gasteiger partial charge in [-0.1, -0.05) is 60.7 Å². The highest BCUT2D eigenvalue weighted by Gasteiger charge is 2.35. The van der Waals surface area contributed by atoms with E-state index in [2.05, 4.69) is 10.6 Å². The zero-order chi connectivity index (χ0) is 33.9. The van der Waals surface area contributed by atoms with Crippen molar-refractivity contribution < 1.29 is 33.0 Å². The molecule has 0 bridgehead atoms. The van der Waals surface area contributed by atoms with Crippen LogP contribution in [0.4, 0.5) is 8.78 Å². The molecule has 0 spiro atoms. The summed E-state index contributed by atoms with van der Waals surface area (Å²) < 4.78 is 33.5. The molecule has 3 amide bonds. The number of ether oxygens (including phenoxy) is 1. The maximum absolute atomic E-state index is 14.3. The molecule has 9 nitrogen and oxygen atoms in total. The monoisotopic (exact) mass is 650 g/mol. The van der Waals surface area contributed by atoms with E-state index in [1.807, 2.05) is 54.6 Å². The zero-order valence-electron chi connectivity index (χ0n) is 27.1. The van der Waals surface area contributed by atoms with Crippen molar-refractivity contribution in [3.05, 3.63) is 95.6 Å². The molecule has 0 aromatic heterocycles. The van der Waals surface area contributed by atoms with E-state index in [-0.39, 0.29) is 32.0 Å². The molecule has 1 saturated heterocycles. The first-order valence-electron chi connectivity index (χ1n) is 15.9. The molecule has 3 aromatic carbocycles. The molecule has 1 fully saturated rings. The van der Waals surface area contributed by atoms with Gasteiger partial charge in [-0.3, -0.25) is 14.4 Å². The molecule has 3 N–H and O–H groups in total. The third-order valence-corrected chi connectivity index (χ3v) is 8.45. The highest BCUT2D eigenvalue weighted by atomic mass is 19.2. The van der Waals surface area contributed by atoms with Gasteiger partial charge in [0, 0.05) is 39.5 Å². The number of nitrogens with zero attached hydrogens (tertiary/aromatic N) is 2. The third-order valence-electron chi connectivity index (χ3n) is 8.45. The summed E-state index contributed by atoms with van der Waals surface area (Å²) in [4.78, 5) is 43.6. The maximum atomic E-state index is 14.3. The Morgan fingerprint density at radius 3 is 2.21 bits per heavy atom. The molecule has 0 unspecified atom stereocenters. The largest absolute Gasteiger partial charge is 0.392 e. The molecule has 11 heteroatoms. The highest BCUT2D eigenvalue weighted by molar-refractivity contribution is 5.92. The van der Waals surface area contributed by atoms with Gasteiger partial charge in [-0.2, -0.15) is 0 Å². The smallest absolute Gasteiger partial charge is 0.249 e. The third kappa shape index (κ3) is 10.1. The number of rotatable bonds is 15. The molecule has 1 heterocycles. The number of aliphatic hydroxyl groups excluding tert-OH is 1. The lowest BCUT2D eigenvalue weighted by molar-refractivity contribution is -0.149. The number of carbonyl (C=O) groups is 3. The van der Waals surface area contributed by atoms with E-state index in [1.165, 1.54) is 36.9 Å². The van der Waals surface area contributed by atoms with Crippen LogP contribution in [0.3, 0.4) is 0 Å². The van der Waals surface area contributed by atoms with E-state index in [9.17, 15) is 28.3 Å². The lowest BCUT2D eigenvalue weighted by Crippen LogP contribution is -2.56. The lowest BCUT2D eigenvalue weighted by Gasteiger charge is -2.34. The molecule has 4 atom stereocenters. The second-order valence-corrected chi connectivity index (χ2v) is 12.1. The minimum atomic E-state index is -1.15. The van der Waals surface area contributed by atoms with Gasteiger partial charge in [0.1, 0.15) is 18.7 Å². The highest BCUT2D eigenvalue weighted by Crippen LogP contribution is 2.22. The van der Waals surface area contributed by atoms with Crippen LogP contribution in [0.15, 0.2) is 72.8 Å².